The lowest BCUT2D eigenvalue weighted by molar-refractivity contribution is -0.0366. The van der Waals surface area contributed by atoms with E-state index in [4.69, 9.17) is 31.2 Å². The Bertz CT molecular complexity index is 1780. The first-order valence-electron chi connectivity index (χ1n) is 14.8. The number of hydrogen-bond donors (Lipinski definition) is 1. The van der Waals surface area contributed by atoms with Gasteiger partial charge in [0.25, 0.3) is 0 Å². The van der Waals surface area contributed by atoms with Crippen molar-refractivity contribution in [2.24, 2.45) is 0 Å². The number of carbonyl (C=O) groups is 1. The lowest BCUT2D eigenvalue weighted by Gasteiger charge is -2.40. The number of rotatable bonds is 4. The van der Waals surface area contributed by atoms with Crippen molar-refractivity contribution in [3.63, 3.8) is 0 Å². The number of benzene rings is 2. The monoisotopic (exact) mass is 601 g/mol. The van der Waals surface area contributed by atoms with E-state index in [-0.39, 0.29) is 19.2 Å². The average molecular weight is 602 g/mol. The maximum absolute atomic E-state index is 11.8. The van der Waals surface area contributed by atoms with Gasteiger partial charge in [-0.3, -0.25) is 0 Å². The number of nitrogens with zero attached hydrogens (tertiary/aromatic N) is 7. The summed E-state index contributed by atoms with van der Waals surface area (Å²) in [6.45, 7) is 4.42. The Kier molecular flexibility index (Phi) is 7.19. The van der Waals surface area contributed by atoms with Crippen LogP contribution in [-0.4, -0.2) is 74.7 Å². The SMILES string of the molecule is Cc1c(Cl)cc2c(cnn2C2CCCCO2)c1-c1cc2ncnc(N3CCN(C(=O)O)[C@@H](CC#N)C3)c2c2c1CCCO2. The van der Waals surface area contributed by atoms with Gasteiger partial charge in [-0.2, -0.15) is 10.4 Å². The Balaban J connectivity index is 1.39. The van der Waals surface area contributed by atoms with E-state index in [9.17, 15) is 15.2 Å². The maximum Gasteiger partial charge on any atom is 0.407 e. The highest BCUT2D eigenvalue weighted by Gasteiger charge is 2.33. The third kappa shape index (κ3) is 4.69. The van der Waals surface area contributed by atoms with Crippen LogP contribution >= 0.6 is 11.6 Å². The van der Waals surface area contributed by atoms with Crippen molar-refractivity contribution in [2.75, 3.05) is 37.7 Å². The fraction of sp³-hybridized carbons (Fsp3) is 0.452. The van der Waals surface area contributed by atoms with Crippen LogP contribution in [0.2, 0.25) is 5.02 Å². The summed E-state index contributed by atoms with van der Waals surface area (Å²) in [5.74, 6) is 1.44. The molecule has 2 fully saturated rings. The molecular formula is C31H32ClN7O4. The van der Waals surface area contributed by atoms with Crippen molar-refractivity contribution in [3.8, 4) is 22.9 Å². The summed E-state index contributed by atoms with van der Waals surface area (Å²) in [5.41, 5.74) is 5.72. The van der Waals surface area contributed by atoms with Crippen LogP contribution in [0.3, 0.4) is 0 Å². The third-order valence-electron chi connectivity index (χ3n) is 8.93. The summed E-state index contributed by atoms with van der Waals surface area (Å²) in [6.07, 6.45) is 7.17. The van der Waals surface area contributed by atoms with E-state index in [1.165, 1.54) is 4.90 Å². The molecule has 3 aliphatic heterocycles. The molecule has 2 saturated heterocycles. The van der Waals surface area contributed by atoms with Crippen molar-refractivity contribution < 1.29 is 19.4 Å². The van der Waals surface area contributed by atoms with Gasteiger partial charge in [-0.1, -0.05) is 11.6 Å². The van der Waals surface area contributed by atoms with Gasteiger partial charge in [0.1, 0.15) is 17.9 Å². The van der Waals surface area contributed by atoms with E-state index < -0.39 is 12.1 Å². The molecule has 0 aliphatic carbocycles. The number of piperazine rings is 1. The molecule has 7 rings (SSSR count). The molecule has 0 saturated carbocycles. The Morgan fingerprint density at radius 3 is 2.88 bits per heavy atom. The third-order valence-corrected chi connectivity index (χ3v) is 9.33. The minimum absolute atomic E-state index is 0.105. The smallest absolute Gasteiger partial charge is 0.407 e. The molecule has 222 valence electrons. The fourth-order valence-corrected chi connectivity index (χ4v) is 7.04. The van der Waals surface area contributed by atoms with Gasteiger partial charge in [-0.05, 0) is 67.9 Å². The molecule has 1 N–H and O–H groups in total. The van der Waals surface area contributed by atoms with Crippen molar-refractivity contribution in [2.45, 2.75) is 57.7 Å². The van der Waals surface area contributed by atoms with Crippen LogP contribution in [0, 0.1) is 18.3 Å². The van der Waals surface area contributed by atoms with Crippen LogP contribution in [0.25, 0.3) is 32.9 Å². The van der Waals surface area contributed by atoms with Gasteiger partial charge >= 0.3 is 6.09 Å². The highest BCUT2D eigenvalue weighted by atomic mass is 35.5. The van der Waals surface area contributed by atoms with E-state index in [1.807, 2.05) is 23.9 Å². The molecule has 2 aromatic carbocycles. The normalized spacial score (nSPS) is 20.6. The fourth-order valence-electron chi connectivity index (χ4n) is 6.84. The highest BCUT2D eigenvalue weighted by molar-refractivity contribution is 6.33. The van der Waals surface area contributed by atoms with Gasteiger partial charge in [0.05, 0.1) is 47.8 Å². The Labute approximate surface area is 253 Å². The first-order chi connectivity index (χ1) is 21.0. The van der Waals surface area contributed by atoms with Crippen molar-refractivity contribution >= 4 is 45.3 Å². The van der Waals surface area contributed by atoms with Crippen LogP contribution < -0.4 is 9.64 Å². The number of fused-ring (bicyclic) bond motifs is 4. The molecule has 2 atom stereocenters. The molecule has 3 aliphatic rings. The Morgan fingerprint density at radius 1 is 1.21 bits per heavy atom. The van der Waals surface area contributed by atoms with E-state index in [0.717, 1.165) is 88.5 Å². The molecule has 11 nitrogen and oxygen atoms in total. The van der Waals surface area contributed by atoms with Gasteiger partial charge in [-0.15, -0.1) is 0 Å². The van der Waals surface area contributed by atoms with Crippen LogP contribution in [0.4, 0.5) is 10.6 Å². The zero-order chi connectivity index (χ0) is 29.7. The predicted octanol–water partition coefficient (Wildman–Crippen LogP) is 5.71. The second-order valence-electron chi connectivity index (χ2n) is 11.4. The number of hydrogen-bond acceptors (Lipinski definition) is 8. The number of anilines is 1. The van der Waals surface area contributed by atoms with E-state index in [1.54, 1.807) is 6.33 Å². The molecule has 12 heteroatoms. The summed E-state index contributed by atoms with van der Waals surface area (Å²) in [4.78, 5) is 24.6. The number of halogens is 1. The number of carboxylic acid groups (broad SMARTS) is 1. The van der Waals surface area contributed by atoms with Crippen molar-refractivity contribution in [1.82, 2.24) is 24.6 Å². The Hall–Kier alpha value is -4.14. The molecule has 0 spiro atoms. The zero-order valence-electron chi connectivity index (χ0n) is 23.9. The van der Waals surface area contributed by atoms with Crippen LogP contribution in [0.15, 0.2) is 24.7 Å². The molecule has 0 bridgehead atoms. The molecule has 1 amide bonds. The molecular weight excluding hydrogens is 570 g/mol. The van der Waals surface area contributed by atoms with Crippen LogP contribution in [-0.2, 0) is 11.2 Å². The summed E-state index contributed by atoms with van der Waals surface area (Å²) < 4.78 is 14.4. The average Bonchev–Trinajstić information content (AvgIpc) is 3.44. The number of amides is 1. The summed E-state index contributed by atoms with van der Waals surface area (Å²) in [7, 11) is 0. The minimum atomic E-state index is -1.01. The first kappa shape index (κ1) is 27.7. The van der Waals surface area contributed by atoms with E-state index >= 15 is 0 Å². The molecule has 1 unspecified atom stereocenters. The van der Waals surface area contributed by atoms with E-state index in [0.29, 0.717) is 30.5 Å². The van der Waals surface area contributed by atoms with Crippen molar-refractivity contribution in [1.29, 1.82) is 5.26 Å². The van der Waals surface area contributed by atoms with Gasteiger partial charge in [0.2, 0.25) is 0 Å². The summed E-state index contributed by atoms with van der Waals surface area (Å²) in [6, 6.07) is 5.77. The van der Waals surface area contributed by atoms with Crippen molar-refractivity contribution in [3.05, 3.63) is 40.8 Å². The lowest BCUT2D eigenvalue weighted by Crippen LogP contribution is -2.55. The quantitative estimate of drug-likeness (QED) is 0.312. The minimum Gasteiger partial charge on any atom is -0.492 e. The number of nitriles is 1. The van der Waals surface area contributed by atoms with E-state index in [2.05, 4.69) is 22.0 Å². The molecule has 0 radical (unpaired) electrons. The van der Waals surface area contributed by atoms with Gasteiger partial charge < -0.3 is 24.4 Å². The summed E-state index contributed by atoms with van der Waals surface area (Å²) in [5, 5.41) is 26.3. The first-order valence-corrected chi connectivity index (χ1v) is 15.2. The standard InChI is InChI=1S/C31H32ClN7O4/c1-18-23(32)14-25-22(15-36-39(25)26-6-2-3-11-42-26)27(18)21-13-24-28(29-20(21)5-4-12-43-29)30(35-17-34-24)37-9-10-38(31(40)41)19(16-37)7-8-33/h13-15,17,19,26H,2-7,9-12,16H2,1H3,(H,40,41)/t19-,26?/m0/s1. The Morgan fingerprint density at radius 2 is 2.09 bits per heavy atom. The zero-order valence-corrected chi connectivity index (χ0v) is 24.7. The molecule has 4 aromatic rings. The lowest BCUT2D eigenvalue weighted by atomic mass is 9.88. The molecule has 5 heterocycles. The van der Waals surface area contributed by atoms with Gasteiger partial charge in [0.15, 0.2) is 6.23 Å². The highest BCUT2D eigenvalue weighted by Crippen LogP contribution is 2.47. The predicted molar refractivity (Wildman–Crippen MR) is 162 cm³/mol. The van der Waals surface area contributed by atoms with Crippen LogP contribution in [0.5, 0.6) is 5.75 Å². The molecule has 2 aromatic heterocycles. The number of ether oxygens (including phenoxy) is 2. The molecule has 43 heavy (non-hydrogen) atoms. The second-order valence-corrected chi connectivity index (χ2v) is 11.8. The topological polar surface area (TPSA) is 130 Å². The van der Waals surface area contributed by atoms with Crippen LogP contribution in [0.1, 0.15) is 49.5 Å². The second kappa shape index (κ2) is 11.2. The van der Waals surface area contributed by atoms with Gasteiger partial charge in [0, 0.05) is 42.2 Å². The maximum atomic E-state index is 11.8. The summed E-state index contributed by atoms with van der Waals surface area (Å²) >= 11 is 6.90. The van der Waals surface area contributed by atoms with Gasteiger partial charge in [-0.25, -0.2) is 19.4 Å². The largest absolute Gasteiger partial charge is 0.492 e. The number of aromatic nitrogens is 4.